The number of benzene rings is 1. The summed E-state index contributed by atoms with van der Waals surface area (Å²) in [5.41, 5.74) is 4.62. The molecule has 0 spiro atoms. The smallest absolute Gasteiger partial charge is 0.194 e. The van der Waals surface area contributed by atoms with Crippen molar-refractivity contribution < 1.29 is 4.52 Å². The van der Waals surface area contributed by atoms with Gasteiger partial charge >= 0.3 is 0 Å². The van der Waals surface area contributed by atoms with Gasteiger partial charge < -0.3 is 19.6 Å². The number of hydrogen-bond donors (Lipinski definition) is 1. The first kappa shape index (κ1) is 20.5. The van der Waals surface area contributed by atoms with Gasteiger partial charge in [-0.05, 0) is 51.8 Å². The van der Waals surface area contributed by atoms with Gasteiger partial charge in [0.25, 0.3) is 0 Å². The number of piperazine rings is 1. The van der Waals surface area contributed by atoms with Gasteiger partial charge in [0.1, 0.15) is 5.76 Å². The molecule has 152 valence electrons. The van der Waals surface area contributed by atoms with Gasteiger partial charge in [-0.3, -0.25) is 4.99 Å². The molecular weight excluding hydrogens is 374 g/mol. The van der Waals surface area contributed by atoms with E-state index in [2.05, 4.69) is 46.3 Å². The zero-order valence-electron chi connectivity index (χ0n) is 17.3. The third kappa shape index (κ3) is 4.79. The normalized spacial score (nSPS) is 15.2. The molecule has 1 saturated heterocycles. The van der Waals surface area contributed by atoms with Crippen molar-refractivity contribution in [2.75, 3.05) is 44.2 Å². The lowest BCUT2D eigenvalue weighted by Gasteiger charge is -2.38. The minimum absolute atomic E-state index is 0.721. The van der Waals surface area contributed by atoms with Crippen LogP contribution in [0.2, 0.25) is 5.02 Å². The van der Waals surface area contributed by atoms with E-state index < -0.39 is 0 Å². The van der Waals surface area contributed by atoms with E-state index >= 15 is 0 Å². The topological polar surface area (TPSA) is 56.9 Å². The maximum Gasteiger partial charge on any atom is 0.194 e. The number of nitrogens with zero attached hydrogens (tertiary/aromatic N) is 4. The Morgan fingerprint density at radius 2 is 1.96 bits per heavy atom. The first-order valence-corrected chi connectivity index (χ1v) is 10.3. The molecular formula is C21H30ClN5O. The van der Waals surface area contributed by atoms with Crippen LogP contribution in [-0.4, -0.2) is 55.3 Å². The Kier molecular flexibility index (Phi) is 6.83. The van der Waals surface area contributed by atoms with E-state index in [4.69, 9.17) is 21.1 Å². The summed E-state index contributed by atoms with van der Waals surface area (Å²) in [6.07, 6.45) is 0.845. The Bertz CT molecular complexity index is 805. The summed E-state index contributed by atoms with van der Waals surface area (Å²) in [7, 11) is 0. The molecule has 1 aliphatic heterocycles. The van der Waals surface area contributed by atoms with Gasteiger partial charge in [0.15, 0.2) is 5.96 Å². The van der Waals surface area contributed by atoms with E-state index in [1.807, 2.05) is 19.9 Å². The summed E-state index contributed by atoms with van der Waals surface area (Å²) in [5, 5.41) is 8.25. The Labute approximate surface area is 172 Å². The fourth-order valence-electron chi connectivity index (χ4n) is 3.64. The molecule has 0 unspecified atom stereocenters. The Morgan fingerprint density at radius 1 is 1.21 bits per heavy atom. The summed E-state index contributed by atoms with van der Waals surface area (Å²) in [6, 6.07) is 6.10. The molecule has 0 amide bonds. The summed E-state index contributed by atoms with van der Waals surface area (Å²) in [6.45, 7) is 13.5. The number of anilines is 1. The minimum Gasteiger partial charge on any atom is -0.368 e. The highest BCUT2D eigenvalue weighted by Crippen LogP contribution is 2.25. The lowest BCUT2D eigenvalue weighted by Crippen LogP contribution is -2.52. The van der Waals surface area contributed by atoms with Crippen LogP contribution in [-0.2, 0) is 6.42 Å². The van der Waals surface area contributed by atoms with Crippen LogP contribution >= 0.6 is 11.6 Å². The molecule has 1 fully saturated rings. The second kappa shape index (κ2) is 9.32. The van der Waals surface area contributed by atoms with Crippen LogP contribution in [0.4, 0.5) is 5.69 Å². The molecule has 1 aromatic carbocycles. The van der Waals surface area contributed by atoms with E-state index in [9.17, 15) is 0 Å². The molecule has 1 N–H and O–H groups in total. The number of aromatic nitrogens is 1. The zero-order valence-corrected chi connectivity index (χ0v) is 18.0. The van der Waals surface area contributed by atoms with Crippen LogP contribution in [0.5, 0.6) is 0 Å². The Balaban J connectivity index is 1.61. The van der Waals surface area contributed by atoms with Gasteiger partial charge in [-0.25, -0.2) is 0 Å². The quantitative estimate of drug-likeness (QED) is 0.610. The van der Waals surface area contributed by atoms with Crippen molar-refractivity contribution in [2.24, 2.45) is 4.99 Å². The predicted molar refractivity (Wildman–Crippen MR) is 116 cm³/mol. The molecule has 7 heteroatoms. The molecule has 0 saturated carbocycles. The van der Waals surface area contributed by atoms with Crippen LogP contribution in [0.1, 0.15) is 29.5 Å². The van der Waals surface area contributed by atoms with Gasteiger partial charge in [-0.15, -0.1) is 0 Å². The average Bonchev–Trinajstić information content (AvgIpc) is 3.01. The number of rotatable bonds is 5. The van der Waals surface area contributed by atoms with Crippen LogP contribution < -0.4 is 10.2 Å². The lowest BCUT2D eigenvalue weighted by molar-refractivity contribution is 0.372. The molecule has 0 radical (unpaired) electrons. The summed E-state index contributed by atoms with van der Waals surface area (Å²) in [5.74, 6) is 1.87. The van der Waals surface area contributed by atoms with Crippen molar-refractivity contribution in [3.63, 3.8) is 0 Å². The molecule has 0 aliphatic carbocycles. The first-order chi connectivity index (χ1) is 13.5. The highest BCUT2D eigenvalue weighted by molar-refractivity contribution is 6.30. The fourth-order valence-corrected chi connectivity index (χ4v) is 3.81. The number of aryl methyl sites for hydroxylation is 3. The maximum absolute atomic E-state index is 6.20. The van der Waals surface area contributed by atoms with Gasteiger partial charge in [0.05, 0.1) is 5.69 Å². The van der Waals surface area contributed by atoms with Crippen molar-refractivity contribution in [1.29, 1.82) is 0 Å². The Morgan fingerprint density at radius 3 is 2.61 bits per heavy atom. The van der Waals surface area contributed by atoms with Crippen LogP contribution in [0.25, 0.3) is 0 Å². The third-order valence-electron chi connectivity index (χ3n) is 5.23. The van der Waals surface area contributed by atoms with Crippen molar-refractivity contribution in [1.82, 2.24) is 15.4 Å². The van der Waals surface area contributed by atoms with Crippen LogP contribution in [0.15, 0.2) is 27.7 Å². The maximum atomic E-state index is 6.20. The minimum atomic E-state index is 0.721. The van der Waals surface area contributed by atoms with Gasteiger partial charge in [-0.1, -0.05) is 22.8 Å². The van der Waals surface area contributed by atoms with Gasteiger partial charge in [-0.2, -0.15) is 0 Å². The second-order valence-electron chi connectivity index (χ2n) is 7.19. The van der Waals surface area contributed by atoms with Crippen LogP contribution in [0, 0.1) is 20.8 Å². The van der Waals surface area contributed by atoms with E-state index in [1.54, 1.807) is 0 Å². The Hall–Kier alpha value is -2.21. The highest BCUT2D eigenvalue weighted by Gasteiger charge is 2.21. The molecule has 1 aromatic heterocycles. The van der Waals surface area contributed by atoms with Crippen molar-refractivity contribution in [3.05, 3.63) is 45.8 Å². The van der Waals surface area contributed by atoms with E-state index in [-0.39, 0.29) is 0 Å². The van der Waals surface area contributed by atoms with E-state index in [0.29, 0.717) is 0 Å². The first-order valence-electron chi connectivity index (χ1n) is 9.95. The predicted octanol–water partition coefficient (Wildman–Crippen LogP) is 3.58. The monoisotopic (exact) mass is 403 g/mol. The molecule has 1 aliphatic rings. The molecule has 28 heavy (non-hydrogen) atoms. The molecule has 6 nitrogen and oxygen atoms in total. The number of nitrogens with one attached hydrogen (secondary N) is 1. The lowest BCUT2D eigenvalue weighted by atomic mass is 10.1. The van der Waals surface area contributed by atoms with Crippen molar-refractivity contribution in [2.45, 2.75) is 34.1 Å². The number of guanidine groups is 1. The largest absolute Gasteiger partial charge is 0.368 e. The highest BCUT2D eigenvalue weighted by atomic mass is 35.5. The molecule has 0 atom stereocenters. The summed E-state index contributed by atoms with van der Waals surface area (Å²) < 4.78 is 5.25. The van der Waals surface area contributed by atoms with Crippen molar-refractivity contribution in [3.8, 4) is 0 Å². The standard InChI is InChI=1S/C21H30ClN5O/c1-5-23-21(24-9-8-19-16(3)25-28-17(19)4)27-12-10-26(11-13-27)20-14-18(22)7-6-15(20)2/h6-7,14H,5,8-13H2,1-4H3,(H,23,24). The summed E-state index contributed by atoms with van der Waals surface area (Å²) in [4.78, 5) is 9.59. The second-order valence-corrected chi connectivity index (χ2v) is 7.63. The number of halogens is 1. The molecule has 2 heterocycles. The van der Waals surface area contributed by atoms with Crippen LogP contribution in [0.3, 0.4) is 0 Å². The van der Waals surface area contributed by atoms with Gasteiger partial charge in [0, 0.05) is 55.5 Å². The summed E-state index contributed by atoms with van der Waals surface area (Å²) >= 11 is 6.20. The van der Waals surface area contributed by atoms with Crippen molar-refractivity contribution >= 4 is 23.2 Å². The third-order valence-corrected chi connectivity index (χ3v) is 5.47. The van der Waals surface area contributed by atoms with E-state index in [1.165, 1.54) is 16.8 Å². The van der Waals surface area contributed by atoms with E-state index in [0.717, 1.165) is 68.1 Å². The molecule has 0 bridgehead atoms. The van der Waals surface area contributed by atoms with Gasteiger partial charge in [0.2, 0.25) is 0 Å². The average molecular weight is 404 g/mol. The number of aliphatic imine (C=N–C) groups is 1. The fraction of sp³-hybridized carbons (Fsp3) is 0.524. The zero-order chi connectivity index (χ0) is 20.1. The SMILES string of the molecule is CCNC(=NCCc1c(C)noc1C)N1CCN(c2cc(Cl)ccc2C)CC1. The molecule has 2 aromatic rings. The molecule has 3 rings (SSSR count). The number of hydrogen-bond acceptors (Lipinski definition) is 4.